The molecule has 0 aliphatic carbocycles. The van der Waals surface area contributed by atoms with E-state index in [9.17, 15) is 0 Å². The predicted octanol–water partition coefficient (Wildman–Crippen LogP) is 2.67. The highest BCUT2D eigenvalue weighted by Gasteiger charge is 2.13. The third-order valence-corrected chi connectivity index (χ3v) is 4.09. The molecule has 0 aliphatic rings. The van der Waals surface area contributed by atoms with Crippen LogP contribution in [0.1, 0.15) is 11.5 Å². The molecule has 2 heterocycles. The van der Waals surface area contributed by atoms with Crippen molar-refractivity contribution in [1.29, 1.82) is 0 Å². The first kappa shape index (κ1) is 14.3. The van der Waals surface area contributed by atoms with Crippen molar-refractivity contribution in [3.63, 3.8) is 0 Å². The minimum Gasteiger partial charge on any atom is -0.333 e. The van der Waals surface area contributed by atoms with E-state index < -0.39 is 0 Å². The Bertz CT molecular complexity index is 694. The Labute approximate surface area is 132 Å². The van der Waals surface area contributed by atoms with E-state index in [2.05, 4.69) is 34.0 Å². The SMILES string of the molecule is C[NH+](Cc1ccsc1)Cc1nc(-c2ccc(Cl)cc2)no1. The van der Waals surface area contributed by atoms with E-state index >= 15 is 0 Å². The lowest BCUT2D eigenvalue weighted by atomic mass is 10.2. The molecule has 1 atom stereocenters. The molecule has 21 heavy (non-hydrogen) atoms. The minimum atomic E-state index is 0.602. The molecule has 108 valence electrons. The van der Waals surface area contributed by atoms with Crippen LogP contribution in [0.25, 0.3) is 11.4 Å². The molecule has 6 heteroatoms. The van der Waals surface area contributed by atoms with Crippen molar-refractivity contribution >= 4 is 22.9 Å². The van der Waals surface area contributed by atoms with Gasteiger partial charge in [-0.3, -0.25) is 0 Å². The van der Waals surface area contributed by atoms with Gasteiger partial charge in [0.1, 0.15) is 6.54 Å². The number of benzene rings is 1. The van der Waals surface area contributed by atoms with Crippen LogP contribution in [0.4, 0.5) is 0 Å². The number of quaternary nitrogens is 1. The number of nitrogens with zero attached hydrogens (tertiary/aromatic N) is 2. The number of aromatic nitrogens is 2. The van der Waals surface area contributed by atoms with E-state index in [1.54, 1.807) is 11.3 Å². The summed E-state index contributed by atoms with van der Waals surface area (Å²) in [6, 6.07) is 9.56. The van der Waals surface area contributed by atoms with Crippen molar-refractivity contribution < 1.29 is 9.42 Å². The van der Waals surface area contributed by atoms with Crippen LogP contribution in [0.2, 0.25) is 5.02 Å². The molecule has 3 aromatic rings. The van der Waals surface area contributed by atoms with Gasteiger partial charge in [-0.2, -0.15) is 16.3 Å². The third-order valence-electron chi connectivity index (χ3n) is 3.11. The molecule has 1 unspecified atom stereocenters. The Balaban J connectivity index is 1.66. The second-order valence-electron chi connectivity index (χ2n) is 4.96. The molecular weight excluding hydrogens is 306 g/mol. The van der Waals surface area contributed by atoms with E-state index in [-0.39, 0.29) is 0 Å². The zero-order valence-electron chi connectivity index (χ0n) is 11.5. The van der Waals surface area contributed by atoms with E-state index in [1.165, 1.54) is 10.5 Å². The van der Waals surface area contributed by atoms with Crippen LogP contribution in [0.15, 0.2) is 45.6 Å². The minimum absolute atomic E-state index is 0.602. The molecule has 2 aromatic heterocycles. The Morgan fingerprint density at radius 1 is 1.19 bits per heavy atom. The second kappa shape index (κ2) is 6.39. The number of thiophene rings is 1. The lowest BCUT2D eigenvalue weighted by Crippen LogP contribution is -3.06. The Morgan fingerprint density at radius 2 is 2.00 bits per heavy atom. The normalized spacial score (nSPS) is 12.5. The van der Waals surface area contributed by atoms with Gasteiger partial charge < -0.3 is 9.42 Å². The fraction of sp³-hybridized carbons (Fsp3) is 0.200. The zero-order chi connectivity index (χ0) is 14.7. The van der Waals surface area contributed by atoms with Crippen LogP contribution in [0.5, 0.6) is 0 Å². The number of halogens is 1. The molecule has 1 N–H and O–H groups in total. The number of nitrogens with one attached hydrogen (secondary N) is 1. The Kier molecular flexibility index (Phi) is 4.34. The summed E-state index contributed by atoms with van der Waals surface area (Å²) in [7, 11) is 2.11. The summed E-state index contributed by atoms with van der Waals surface area (Å²) < 4.78 is 5.33. The maximum atomic E-state index is 5.87. The van der Waals surface area contributed by atoms with Gasteiger partial charge in [0.05, 0.1) is 7.05 Å². The lowest BCUT2D eigenvalue weighted by molar-refractivity contribution is -0.909. The van der Waals surface area contributed by atoms with Gasteiger partial charge >= 0.3 is 0 Å². The van der Waals surface area contributed by atoms with Crippen LogP contribution in [0, 0.1) is 0 Å². The van der Waals surface area contributed by atoms with Crippen LogP contribution < -0.4 is 4.90 Å². The average Bonchev–Trinajstić information content (AvgIpc) is 3.11. The predicted molar refractivity (Wildman–Crippen MR) is 83.4 cm³/mol. The molecular formula is C15H15ClN3OS+. The van der Waals surface area contributed by atoms with E-state index in [0.29, 0.717) is 23.3 Å². The number of hydrogen-bond donors (Lipinski definition) is 1. The van der Waals surface area contributed by atoms with Gasteiger partial charge in [0.25, 0.3) is 5.89 Å². The highest BCUT2D eigenvalue weighted by molar-refractivity contribution is 7.07. The van der Waals surface area contributed by atoms with Crippen molar-refractivity contribution in [1.82, 2.24) is 10.1 Å². The van der Waals surface area contributed by atoms with Gasteiger partial charge in [-0.1, -0.05) is 16.8 Å². The van der Waals surface area contributed by atoms with E-state index in [0.717, 1.165) is 12.1 Å². The molecule has 0 saturated heterocycles. The van der Waals surface area contributed by atoms with Crippen LogP contribution in [0.3, 0.4) is 0 Å². The van der Waals surface area contributed by atoms with E-state index in [4.69, 9.17) is 16.1 Å². The number of rotatable bonds is 5. The second-order valence-corrected chi connectivity index (χ2v) is 6.18. The first-order valence-corrected chi connectivity index (χ1v) is 7.93. The topological polar surface area (TPSA) is 43.4 Å². The fourth-order valence-electron chi connectivity index (χ4n) is 2.11. The molecule has 0 radical (unpaired) electrons. The molecule has 0 aliphatic heterocycles. The maximum absolute atomic E-state index is 5.87. The lowest BCUT2D eigenvalue weighted by Gasteiger charge is -2.09. The van der Waals surface area contributed by atoms with Crippen LogP contribution >= 0.6 is 22.9 Å². The Morgan fingerprint density at radius 3 is 2.71 bits per heavy atom. The van der Waals surface area contributed by atoms with Gasteiger partial charge in [-0.05, 0) is 41.1 Å². The molecule has 0 spiro atoms. The summed E-state index contributed by atoms with van der Waals surface area (Å²) in [6.07, 6.45) is 0. The Hall–Kier alpha value is -1.69. The van der Waals surface area contributed by atoms with Crippen molar-refractivity contribution in [2.75, 3.05) is 7.05 Å². The highest BCUT2D eigenvalue weighted by atomic mass is 35.5. The molecule has 4 nitrogen and oxygen atoms in total. The average molecular weight is 321 g/mol. The first-order valence-electron chi connectivity index (χ1n) is 6.61. The summed E-state index contributed by atoms with van der Waals surface area (Å²) in [5, 5.41) is 8.98. The van der Waals surface area contributed by atoms with Gasteiger partial charge in [-0.15, -0.1) is 0 Å². The third kappa shape index (κ3) is 3.69. The molecule has 3 rings (SSSR count). The summed E-state index contributed by atoms with van der Waals surface area (Å²) in [5.74, 6) is 1.25. The molecule has 0 amide bonds. The standard InChI is InChI=1S/C15H14ClN3OS/c1-19(8-11-6-7-21-10-11)9-14-17-15(18-20-14)12-2-4-13(16)5-3-12/h2-7,10H,8-9H2,1H3/p+1. The monoisotopic (exact) mass is 320 g/mol. The molecule has 1 aromatic carbocycles. The largest absolute Gasteiger partial charge is 0.333 e. The van der Waals surface area contributed by atoms with Crippen molar-refractivity contribution in [2.24, 2.45) is 0 Å². The molecule has 0 bridgehead atoms. The van der Waals surface area contributed by atoms with Crippen molar-refractivity contribution in [3.8, 4) is 11.4 Å². The first-order chi connectivity index (χ1) is 10.2. The van der Waals surface area contributed by atoms with Gasteiger partial charge in [0, 0.05) is 16.1 Å². The summed E-state index contributed by atoms with van der Waals surface area (Å²) in [5.41, 5.74) is 2.24. The summed E-state index contributed by atoms with van der Waals surface area (Å²) in [6.45, 7) is 1.65. The van der Waals surface area contributed by atoms with Crippen LogP contribution in [-0.4, -0.2) is 17.2 Å². The van der Waals surface area contributed by atoms with Gasteiger partial charge in [0.2, 0.25) is 5.82 Å². The number of hydrogen-bond acceptors (Lipinski definition) is 4. The van der Waals surface area contributed by atoms with E-state index in [1.807, 2.05) is 24.3 Å². The molecule has 0 saturated carbocycles. The highest BCUT2D eigenvalue weighted by Crippen LogP contribution is 2.18. The fourth-order valence-corrected chi connectivity index (χ4v) is 2.90. The van der Waals surface area contributed by atoms with Crippen LogP contribution in [-0.2, 0) is 13.1 Å². The smallest absolute Gasteiger partial charge is 0.282 e. The summed E-state index contributed by atoms with van der Waals surface area (Å²) >= 11 is 7.59. The van der Waals surface area contributed by atoms with Crippen molar-refractivity contribution in [2.45, 2.75) is 13.1 Å². The van der Waals surface area contributed by atoms with Crippen molar-refractivity contribution in [3.05, 3.63) is 57.6 Å². The molecule has 0 fully saturated rings. The zero-order valence-corrected chi connectivity index (χ0v) is 13.1. The summed E-state index contributed by atoms with van der Waals surface area (Å²) in [4.78, 5) is 5.75. The van der Waals surface area contributed by atoms with Gasteiger partial charge in [0.15, 0.2) is 6.54 Å². The maximum Gasteiger partial charge on any atom is 0.282 e. The quantitative estimate of drug-likeness (QED) is 0.786. The van der Waals surface area contributed by atoms with Gasteiger partial charge in [-0.25, -0.2) is 0 Å².